The Morgan fingerprint density at radius 2 is 1.90 bits per heavy atom. The summed E-state index contributed by atoms with van der Waals surface area (Å²) in [5.74, 6) is 1.01. The van der Waals surface area contributed by atoms with Crippen molar-refractivity contribution in [2.45, 2.75) is 26.9 Å². The molecule has 0 unspecified atom stereocenters. The molecule has 5 nitrogen and oxygen atoms in total. The number of amides is 1. The van der Waals surface area contributed by atoms with Crippen LogP contribution in [0.2, 0.25) is 0 Å². The Balaban J connectivity index is 1.88. The lowest BCUT2D eigenvalue weighted by Crippen LogP contribution is -2.30. The van der Waals surface area contributed by atoms with Gasteiger partial charge in [-0.25, -0.2) is 4.98 Å². The zero-order valence-corrected chi connectivity index (χ0v) is 12.6. The highest BCUT2D eigenvalue weighted by Crippen LogP contribution is 2.08. The lowest BCUT2D eigenvalue weighted by Gasteiger charge is -2.18. The second kappa shape index (κ2) is 7.59. The fourth-order valence-electron chi connectivity index (χ4n) is 2.18. The zero-order valence-electron chi connectivity index (χ0n) is 12.6. The Morgan fingerprint density at radius 3 is 2.48 bits per heavy atom. The van der Waals surface area contributed by atoms with Gasteiger partial charge in [-0.05, 0) is 31.5 Å². The lowest BCUT2D eigenvalue weighted by atomic mass is 10.1. The molecule has 0 aliphatic carbocycles. The molecule has 1 heterocycles. The summed E-state index contributed by atoms with van der Waals surface area (Å²) in [6, 6.07) is 7.77. The Hall–Kier alpha value is -2.14. The number of rotatable bonds is 7. The van der Waals surface area contributed by atoms with Gasteiger partial charge in [0, 0.05) is 37.6 Å². The number of H-pyrrole nitrogens is 1. The fraction of sp³-hybridized carbons (Fsp3) is 0.375. The van der Waals surface area contributed by atoms with Crippen LogP contribution in [0.25, 0.3) is 0 Å². The summed E-state index contributed by atoms with van der Waals surface area (Å²) < 4.78 is 0. The van der Waals surface area contributed by atoms with Gasteiger partial charge in [0.25, 0.3) is 5.91 Å². The van der Waals surface area contributed by atoms with Gasteiger partial charge in [-0.2, -0.15) is 0 Å². The standard InChI is InChI=1S/C16H22N4O/c1-3-20(4-2)16(21)14-7-5-13(6-8-14)11-17-12-15-18-9-10-19-15/h5-10,17H,3-4,11-12H2,1-2H3,(H,18,19). The van der Waals surface area contributed by atoms with Crippen molar-refractivity contribution in [3.63, 3.8) is 0 Å². The van der Waals surface area contributed by atoms with Crippen molar-refractivity contribution in [1.29, 1.82) is 0 Å². The molecule has 0 radical (unpaired) electrons. The van der Waals surface area contributed by atoms with Gasteiger partial charge < -0.3 is 15.2 Å². The topological polar surface area (TPSA) is 61.0 Å². The van der Waals surface area contributed by atoms with Crippen LogP contribution in [-0.2, 0) is 13.1 Å². The van der Waals surface area contributed by atoms with Crippen LogP contribution >= 0.6 is 0 Å². The van der Waals surface area contributed by atoms with E-state index in [4.69, 9.17) is 0 Å². The maximum atomic E-state index is 12.2. The predicted molar refractivity (Wildman–Crippen MR) is 82.8 cm³/mol. The van der Waals surface area contributed by atoms with E-state index in [1.807, 2.05) is 49.2 Å². The van der Waals surface area contributed by atoms with Crippen LogP contribution in [0.15, 0.2) is 36.7 Å². The van der Waals surface area contributed by atoms with Gasteiger partial charge in [-0.1, -0.05) is 12.1 Å². The van der Waals surface area contributed by atoms with Crippen LogP contribution in [0.1, 0.15) is 35.6 Å². The monoisotopic (exact) mass is 286 g/mol. The molecule has 21 heavy (non-hydrogen) atoms. The van der Waals surface area contributed by atoms with Gasteiger partial charge >= 0.3 is 0 Å². The highest BCUT2D eigenvalue weighted by molar-refractivity contribution is 5.94. The number of aromatic nitrogens is 2. The van der Waals surface area contributed by atoms with Crippen molar-refractivity contribution in [1.82, 2.24) is 20.2 Å². The second-order valence-electron chi connectivity index (χ2n) is 4.81. The van der Waals surface area contributed by atoms with Crippen molar-refractivity contribution in [3.05, 3.63) is 53.6 Å². The van der Waals surface area contributed by atoms with E-state index in [1.165, 1.54) is 0 Å². The molecule has 5 heteroatoms. The normalized spacial score (nSPS) is 10.6. The minimum atomic E-state index is 0.0927. The molecule has 1 aromatic heterocycles. The lowest BCUT2D eigenvalue weighted by molar-refractivity contribution is 0.0773. The summed E-state index contributed by atoms with van der Waals surface area (Å²) in [5.41, 5.74) is 1.89. The molecule has 0 fully saturated rings. The van der Waals surface area contributed by atoms with E-state index in [-0.39, 0.29) is 5.91 Å². The van der Waals surface area contributed by atoms with E-state index in [9.17, 15) is 4.79 Å². The Labute approximate surface area is 125 Å². The molecule has 0 bridgehead atoms. The maximum Gasteiger partial charge on any atom is 0.253 e. The summed E-state index contributed by atoms with van der Waals surface area (Å²) in [4.78, 5) is 21.2. The maximum absolute atomic E-state index is 12.2. The SMILES string of the molecule is CCN(CC)C(=O)c1ccc(CNCc2ncc[nH]2)cc1. The number of carbonyl (C=O) groups excluding carboxylic acids is 1. The Morgan fingerprint density at radius 1 is 1.19 bits per heavy atom. The number of hydrogen-bond donors (Lipinski definition) is 2. The van der Waals surface area contributed by atoms with Crippen LogP contribution in [-0.4, -0.2) is 33.9 Å². The molecule has 2 N–H and O–H groups in total. The van der Waals surface area contributed by atoms with Crippen LogP contribution in [0, 0.1) is 0 Å². The number of nitrogens with zero attached hydrogens (tertiary/aromatic N) is 2. The van der Waals surface area contributed by atoms with E-state index >= 15 is 0 Å². The van der Waals surface area contributed by atoms with Crippen LogP contribution in [0.5, 0.6) is 0 Å². The van der Waals surface area contributed by atoms with Crippen molar-refractivity contribution in [3.8, 4) is 0 Å². The third kappa shape index (κ3) is 4.16. The highest BCUT2D eigenvalue weighted by Gasteiger charge is 2.11. The van der Waals surface area contributed by atoms with E-state index < -0.39 is 0 Å². The number of nitrogens with one attached hydrogen (secondary N) is 2. The van der Waals surface area contributed by atoms with E-state index in [1.54, 1.807) is 6.20 Å². The number of aromatic amines is 1. The summed E-state index contributed by atoms with van der Waals surface area (Å²) in [5, 5.41) is 3.31. The molecule has 1 amide bonds. The molecule has 2 aromatic rings. The molecule has 0 atom stereocenters. The average Bonchev–Trinajstić information content (AvgIpc) is 3.02. The van der Waals surface area contributed by atoms with Crippen molar-refractivity contribution in [2.24, 2.45) is 0 Å². The highest BCUT2D eigenvalue weighted by atomic mass is 16.2. The van der Waals surface area contributed by atoms with Crippen molar-refractivity contribution < 1.29 is 4.79 Å². The first-order valence-electron chi connectivity index (χ1n) is 7.31. The fourth-order valence-corrected chi connectivity index (χ4v) is 2.18. The molecule has 0 aliphatic heterocycles. The Bertz CT molecular complexity index is 544. The molecule has 1 aromatic carbocycles. The van der Waals surface area contributed by atoms with Gasteiger partial charge in [-0.3, -0.25) is 4.79 Å². The van der Waals surface area contributed by atoms with E-state index in [2.05, 4.69) is 15.3 Å². The smallest absolute Gasteiger partial charge is 0.253 e. The quantitative estimate of drug-likeness (QED) is 0.820. The summed E-state index contributed by atoms with van der Waals surface area (Å²) >= 11 is 0. The van der Waals surface area contributed by atoms with Gasteiger partial charge in [-0.15, -0.1) is 0 Å². The third-order valence-corrected chi connectivity index (χ3v) is 3.43. The summed E-state index contributed by atoms with van der Waals surface area (Å²) in [6.07, 6.45) is 3.55. The van der Waals surface area contributed by atoms with Gasteiger partial charge in [0.15, 0.2) is 0 Å². The average molecular weight is 286 g/mol. The third-order valence-electron chi connectivity index (χ3n) is 3.43. The van der Waals surface area contributed by atoms with Gasteiger partial charge in [0.1, 0.15) is 5.82 Å². The van der Waals surface area contributed by atoms with Crippen LogP contribution in [0.4, 0.5) is 0 Å². The number of benzene rings is 1. The van der Waals surface area contributed by atoms with Crippen LogP contribution < -0.4 is 5.32 Å². The van der Waals surface area contributed by atoms with Crippen molar-refractivity contribution in [2.75, 3.05) is 13.1 Å². The molecule has 0 spiro atoms. The first kappa shape index (κ1) is 15.3. The first-order chi connectivity index (χ1) is 10.2. The largest absolute Gasteiger partial charge is 0.348 e. The van der Waals surface area contributed by atoms with E-state index in [0.717, 1.165) is 36.6 Å². The minimum absolute atomic E-state index is 0.0927. The molecule has 0 aliphatic rings. The Kier molecular flexibility index (Phi) is 5.51. The summed E-state index contributed by atoms with van der Waals surface area (Å²) in [7, 11) is 0. The first-order valence-corrected chi connectivity index (χ1v) is 7.31. The molecule has 112 valence electrons. The molecule has 0 saturated heterocycles. The van der Waals surface area contributed by atoms with Gasteiger partial charge in [0.05, 0.1) is 6.54 Å². The molecule has 0 saturated carbocycles. The van der Waals surface area contributed by atoms with Crippen LogP contribution in [0.3, 0.4) is 0 Å². The molecule has 2 rings (SSSR count). The molecular formula is C16H22N4O. The van der Waals surface area contributed by atoms with Gasteiger partial charge in [0.2, 0.25) is 0 Å². The minimum Gasteiger partial charge on any atom is -0.348 e. The summed E-state index contributed by atoms with van der Waals surface area (Å²) in [6.45, 7) is 6.92. The number of hydrogen-bond acceptors (Lipinski definition) is 3. The number of imidazole rings is 1. The second-order valence-corrected chi connectivity index (χ2v) is 4.81. The van der Waals surface area contributed by atoms with Crippen molar-refractivity contribution >= 4 is 5.91 Å². The molecular weight excluding hydrogens is 264 g/mol. The zero-order chi connectivity index (χ0) is 15.1. The number of carbonyl (C=O) groups is 1. The predicted octanol–water partition coefficient (Wildman–Crippen LogP) is 2.18. The van der Waals surface area contributed by atoms with E-state index in [0.29, 0.717) is 6.54 Å².